The van der Waals surface area contributed by atoms with E-state index in [0.717, 1.165) is 5.56 Å². The molecule has 5 rings (SSSR count). The first kappa shape index (κ1) is 35.3. The minimum atomic E-state index is -0.159. The molecule has 240 valence electrons. The summed E-state index contributed by atoms with van der Waals surface area (Å²) < 4.78 is 13.4. The number of rotatable bonds is 9. The average Bonchev–Trinajstić information content (AvgIpc) is 3.07. The maximum atomic E-state index is 13.9. The van der Waals surface area contributed by atoms with Crippen LogP contribution in [0.1, 0.15) is 52.9 Å². The van der Waals surface area contributed by atoms with Gasteiger partial charge in [0.25, 0.3) is 11.5 Å². The maximum absolute atomic E-state index is 13.9. The summed E-state index contributed by atoms with van der Waals surface area (Å²) in [6.45, 7) is 18.6. The number of benzene rings is 3. The number of carbonyl (C=O) groups excluding carboxylic acids is 1. The van der Waals surface area contributed by atoms with E-state index in [-0.39, 0.29) is 24.2 Å². The Morgan fingerprint density at radius 1 is 0.978 bits per heavy atom. The number of piperazine rings is 1. The third kappa shape index (κ3) is 9.19. The quantitative estimate of drug-likeness (QED) is 0.194. The molecule has 0 aliphatic carbocycles. The SMILES string of the molecule is C=Cc1ccc(OC(C)C)c(-n2c(CN3CCN(C(=O)COc4ccc(Cl)cc4)CC3)nc3ccccc3c2=O)c1.CC.CC. The molecule has 1 aliphatic rings. The Morgan fingerprint density at radius 2 is 1.64 bits per heavy atom. The molecule has 0 atom stereocenters. The van der Waals surface area contributed by atoms with Gasteiger partial charge in [0.05, 0.1) is 29.2 Å². The number of carbonyl (C=O) groups is 1. The fourth-order valence-electron chi connectivity index (χ4n) is 4.85. The molecule has 1 aliphatic heterocycles. The molecule has 9 heteroatoms. The van der Waals surface area contributed by atoms with Crippen molar-refractivity contribution in [3.63, 3.8) is 0 Å². The second kappa shape index (κ2) is 17.4. The van der Waals surface area contributed by atoms with Crippen LogP contribution in [-0.4, -0.2) is 64.1 Å². The summed E-state index contributed by atoms with van der Waals surface area (Å²) >= 11 is 5.92. The summed E-state index contributed by atoms with van der Waals surface area (Å²) in [5, 5.41) is 1.15. The maximum Gasteiger partial charge on any atom is 0.266 e. The van der Waals surface area contributed by atoms with Gasteiger partial charge in [-0.25, -0.2) is 4.98 Å². The molecular weight excluding hydrogens is 588 g/mol. The summed E-state index contributed by atoms with van der Waals surface area (Å²) in [5.41, 5.74) is 1.98. The highest BCUT2D eigenvalue weighted by Crippen LogP contribution is 2.27. The number of nitrogens with zero attached hydrogens (tertiary/aromatic N) is 4. The van der Waals surface area contributed by atoms with Crippen LogP contribution in [0.25, 0.3) is 22.7 Å². The lowest BCUT2D eigenvalue weighted by Crippen LogP contribution is -2.50. The zero-order chi connectivity index (χ0) is 32.9. The van der Waals surface area contributed by atoms with E-state index < -0.39 is 0 Å². The Kier molecular flexibility index (Phi) is 13.6. The Hall–Kier alpha value is -4.14. The molecule has 0 radical (unpaired) electrons. The lowest BCUT2D eigenvalue weighted by atomic mass is 10.1. The predicted molar refractivity (Wildman–Crippen MR) is 185 cm³/mol. The van der Waals surface area contributed by atoms with Gasteiger partial charge >= 0.3 is 0 Å². The van der Waals surface area contributed by atoms with Gasteiger partial charge < -0.3 is 14.4 Å². The van der Waals surface area contributed by atoms with Crippen LogP contribution >= 0.6 is 11.6 Å². The molecule has 1 aromatic heterocycles. The van der Waals surface area contributed by atoms with Crippen LogP contribution in [0.4, 0.5) is 0 Å². The third-order valence-electron chi connectivity index (χ3n) is 6.93. The monoisotopic (exact) mass is 632 g/mol. The van der Waals surface area contributed by atoms with Gasteiger partial charge in [-0.1, -0.05) is 70.1 Å². The van der Waals surface area contributed by atoms with Gasteiger partial charge in [0.1, 0.15) is 17.3 Å². The molecule has 1 fully saturated rings. The van der Waals surface area contributed by atoms with Crippen LogP contribution in [0.3, 0.4) is 0 Å². The molecule has 0 bridgehead atoms. The number of hydrogen-bond acceptors (Lipinski definition) is 6. The molecule has 2 heterocycles. The average molecular weight is 633 g/mol. The predicted octanol–water partition coefficient (Wildman–Crippen LogP) is 7.24. The molecule has 1 amide bonds. The molecule has 45 heavy (non-hydrogen) atoms. The Bertz CT molecular complexity index is 1610. The number of amides is 1. The Morgan fingerprint density at radius 3 is 2.29 bits per heavy atom. The van der Waals surface area contributed by atoms with E-state index >= 15 is 0 Å². The summed E-state index contributed by atoms with van der Waals surface area (Å²) in [7, 11) is 0. The van der Waals surface area contributed by atoms with E-state index in [0.29, 0.717) is 71.7 Å². The topological polar surface area (TPSA) is 76.9 Å². The van der Waals surface area contributed by atoms with Crippen LogP contribution in [0.2, 0.25) is 5.02 Å². The summed E-state index contributed by atoms with van der Waals surface area (Å²) in [6, 6.07) is 20.0. The second-order valence-electron chi connectivity index (χ2n) is 10.2. The number of hydrogen-bond donors (Lipinski definition) is 0. The molecule has 0 saturated carbocycles. The van der Waals surface area contributed by atoms with Crippen molar-refractivity contribution in [3.05, 3.63) is 100 Å². The lowest BCUT2D eigenvalue weighted by molar-refractivity contribution is -0.135. The molecule has 8 nitrogen and oxygen atoms in total. The normalized spacial score (nSPS) is 12.9. The lowest BCUT2D eigenvalue weighted by Gasteiger charge is -2.34. The summed E-state index contributed by atoms with van der Waals surface area (Å²) in [6.07, 6.45) is 1.67. The highest BCUT2D eigenvalue weighted by atomic mass is 35.5. The first-order valence-electron chi connectivity index (χ1n) is 15.6. The Labute approximate surface area is 271 Å². The van der Waals surface area contributed by atoms with Crippen molar-refractivity contribution >= 4 is 34.5 Å². The number of para-hydroxylation sites is 1. The molecule has 1 saturated heterocycles. The van der Waals surface area contributed by atoms with Crippen LogP contribution in [-0.2, 0) is 11.3 Å². The largest absolute Gasteiger partial charge is 0.489 e. The van der Waals surface area contributed by atoms with E-state index in [2.05, 4.69) is 11.5 Å². The van der Waals surface area contributed by atoms with Crippen molar-refractivity contribution in [2.75, 3.05) is 32.8 Å². The minimum Gasteiger partial charge on any atom is -0.489 e. The fraction of sp³-hybridized carbons (Fsp3) is 0.361. The molecule has 0 spiro atoms. The molecular formula is C36H45ClN4O4. The van der Waals surface area contributed by atoms with E-state index in [9.17, 15) is 9.59 Å². The molecule has 0 N–H and O–H groups in total. The zero-order valence-electron chi connectivity index (χ0n) is 27.3. The van der Waals surface area contributed by atoms with Gasteiger partial charge in [0.15, 0.2) is 6.61 Å². The molecule has 4 aromatic rings. The highest BCUT2D eigenvalue weighted by Gasteiger charge is 2.24. The fourth-order valence-corrected chi connectivity index (χ4v) is 4.97. The van der Waals surface area contributed by atoms with Gasteiger partial charge in [0, 0.05) is 31.2 Å². The van der Waals surface area contributed by atoms with Crippen LogP contribution in [0.15, 0.2) is 78.1 Å². The smallest absolute Gasteiger partial charge is 0.266 e. The van der Waals surface area contributed by atoms with Crippen molar-refractivity contribution in [1.29, 1.82) is 0 Å². The third-order valence-corrected chi connectivity index (χ3v) is 7.19. The minimum absolute atomic E-state index is 0.0360. The highest BCUT2D eigenvalue weighted by molar-refractivity contribution is 6.30. The first-order valence-corrected chi connectivity index (χ1v) is 16.0. The van der Waals surface area contributed by atoms with E-state index in [1.165, 1.54) is 0 Å². The van der Waals surface area contributed by atoms with E-state index in [1.807, 2.05) is 77.9 Å². The number of aromatic nitrogens is 2. The van der Waals surface area contributed by atoms with E-state index in [4.69, 9.17) is 26.1 Å². The van der Waals surface area contributed by atoms with Gasteiger partial charge in [-0.15, -0.1) is 0 Å². The number of halogens is 1. The van der Waals surface area contributed by atoms with Crippen molar-refractivity contribution in [1.82, 2.24) is 19.4 Å². The zero-order valence-corrected chi connectivity index (χ0v) is 28.0. The van der Waals surface area contributed by atoms with E-state index in [1.54, 1.807) is 45.9 Å². The standard InChI is InChI=1S/C32H33ClN4O4.2C2H6/c1-4-23-9-14-29(41-22(2)3)28(19-23)37-30(34-27-8-6-5-7-26(27)32(37)39)20-35-15-17-36(18-16-35)31(38)21-40-25-12-10-24(33)11-13-25;2*1-2/h4-14,19,22H,1,15-18,20-21H2,2-3H3;2*1-2H3. The second-order valence-corrected chi connectivity index (χ2v) is 10.6. The van der Waals surface area contributed by atoms with Crippen molar-refractivity contribution in [2.45, 2.75) is 54.2 Å². The number of fused-ring (bicyclic) bond motifs is 1. The van der Waals surface area contributed by atoms with Crippen LogP contribution in [0, 0.1) is 0 Å². The van der Waals surface area contributed by atoms with Crippen molar-refractivity contribution < 1.29 is 14.3 Å². The van der Waals surface area contributed by atoms with Gasteiger partial charge in [-0.3, -0.25) is 19.1 Å². The van der Waals surface area contributed by atoms with Gasteiger partial charge in [-0.2, -0.15) is 0 Å². The summed E-state index contributed by atoms with van der Waals surface area (Å²) in [4.78, 5) is 35.7. The van der Waals surface area contributed by atoms with Crippen molar-refractivity contribution in [2.24, 2.45) is 0 Å². The van der Waals surface area contributed by atoms with Gasteiger partial charge in [-0.05, 0) is 67.9 Å². The summed E-state index contributed by atoms with van der Waals surface area (Å²) in [5.74, 6) is 1.73. The van der Waals surface area contributed by atoms with Crippen LogP contribution < -0.4 is 15.0 Å². The van der Waals surface area contributed by atoms with Crippen LogP contribution in [0.5, 0.6) is 11.5 Å². The van der Waals surface area contributed by atoms with Gasteiger partial charge in [0.2, 0.25) is 0 Å². The Balaban J connectivity index is 0.00000133. The molecule has 0 unspecified atom stereocenters. The molecule has 3 aromatic carbocycles. The van der Waals surface area contributed by atoms with Crippen molar-refractivity contribution in [3.8, 4) is 17.2 Å². The number of ether oxygens (including phenoxy) is 2. The first-order chi connectivity index (χ1) is 21.8.